The molecule has 170 valence electrons. The molecule has 7 heteroatoms. The van der Waals surface area contributed by atoms with Crippen LogP contribution in [0, 0.1) is 0 Å². The van der Waals surface area contributed by atoms with Gasteiger partial charge in [0.25, 0.3) is 5.91 Å². The minimum absolute atomic E-state index is 0.0118. The van der Waals surface area contributed by atoms with Gasteiger partial charge in [-0.3, -0.25) is 19.2 Å². The van der Waals surface area contributed by atoms with Crippen molar-refractivity contribution >= 4 is 11.7 Å². The highest BCUT2D eigenvalue weighted by atomic mass is 16.5. The molecule has 33 heavy (non-hydrogen) atoms. The molecule has 0 bridgehead atoms. The molecule has 7 nitrogen and oxygen atoms in total. The molecule has 0 saturated carbocycles. The summed E-state index contributed by atoms with van der Waals surface area (Å²) < 4.78 is 7.63. The quantitative estimate of drug-likeness (QED) is 0.503. The van der Waals surface area contributed by atoms with E-state index in [1.54, 1.807) is 17.8 Å². The molecule has 1 saturated heterocycles. The number of hydrogen-bond acceptors (Lipinski definition) is 5. The summed E-state index contributed by atoms with van der Waals surface area (Å²) >= 11 is 0. The van der Waals surface area contributed by atoms with E-state index >= 15 is 0 Å². The van der Waals surface area contributed by atoms with E-state index in [-0.39, 0.29) is 11.8 Å². The fraction of sp³-hybridized carbons (Fsp3) is 0.269. The number of amides is 1. The Balaban J connectivity index is 1.51. The van der Waals surface area contributed by atoms with Crippen molar-refractivity contribution in [2.24, 2.45) is 5.73 Å². The highest BCUT2D eigenvalue weighted by Crippen LogP contribution is 2.28. The molecule has 0 aliphatic carbocycles. The Kier molecular flexibility index (Phi) is 6.70. The first kappa shape index (κ1) is 22.5. The Bertz CT molecular complexity index is 1150. The fourth-order valence-corrected chi connectivity index (χ4v) is 4.10. The normalized spacial score (nSPS) is 16.0. The third-order valence-corrected chi connectivity index (χ3v) is 5.92. The summed E-state index contributed by atoms with van der Waals surface area (Å²) in [6.45, 7) is 7.51. The average Bonchev–Trinajstić information content (AvgIpc) is 3.42. The summed E-state index contributed by atoms with van der Waals surface area (Å²) in [6, 6.07) is 17.2. The molecule has 2 aromatic carbocycles. The topological polar surface area (TPSA) is 90.4 Å². The summed E-state index contributed by atoms with van der Waals surface area (Å²) in [4.78, 5) is 26.0. The largest absolute Gasteiger partial charge is 0.457 e. The van der Waals surface area contributed by atoms with Gasteiger partial charge in [-0.1, -0.05) is 24.8 Å². The Morgan fingerprint density at radius 1 is 1.12 bits per heavy atom. The van der Waals surface area contributed by atoms with Gasteiger partial charge in [0.2, 0.25) is 0 Å². The first-order valence-corrected chi connectivity index (χ1v) is 11.0. The third-order valence-electron chi connectivity index (χ3n) is 5.92. The lowest BCUT2D eigenvalue weighted by atomic mass is 10.1. The van der Waals surface area contributed by atoms with Gasteiger partial charge in [-0.25, -0.2) is 0 Å². The Morgan fingerprint density at radius 3 is 2.48 bits per heavy atom. The van der Waals surface area contributed by atoms with Crippen LogP contribution in [-0.2, 0) is 11.3 Å². The van der Waals surface area contributed by atoms with Crippen LogP contribution in [0.15, 0.2) is 72.9 Å². The summed E-state index contributed by atoms with van der Waals surface area (Å²) in [5, 5.41) is 4.69. The molecule has 3 aromatic rings. The van der Waals surface area contributed by atoms with E-state index in [4.69, 9.17) is 10.5 Å². The molecule has 1 aliphatic rings. The molecule has 0 spiro atoms. The van der Waals surface area contributed by atoms with Gasteiger partial charge in [0.1, 0.15) is 17.2 Å². The molecule has 1 atom stereocenters. The highest BCUT2D eigenvalue weighted by Gasteiger charge is 2.27. The summed E-state index contributed by atoms with van der Waals surface area (Å²) in [5.74, 6) is 0.935. The van der Waals surface area contributed by atoms with Crippen LogP contribution in [0.1, 0.15) is 30.1 Å². The molecular weight excluding hydrogens is 416 g/mol. The second-order valence-electron chi connectivity index (χ2n) is 8.34. The van der Waals surface area contributed by atoms with Crippen LogP contribution in [0.4, 0.5) is 0 Å². The molecule has 1 aliphatic heterocycles. The predicted molar refractivity (Wildman–Crippen MR) is 127 cm³/mol. The Labute approximate surface area is 193 Å². The van der Waals surface area contributed by atoms with E-state index in [1.807, 2.05) is 54.6 Å². The zero-order valence-corrected chi connectivity index (χ0v) is 18.7. The number of benzene rings is 2. The van der Waals surface area contributed by atoms with Gasteiger partial charge in [0, 0.05) is 29.9 Å². The van der Waals surface area contributed by atoms with Crippen LogP contribution >= 0.6 is 0 Å². The van der Waals surface area contributed by atoms with Crippen LogP contribution in [-0.4, -0.2) is 45.5 Å². The number of carbonyl (C=O) groups excluding carboxylic acids is 2. The lowest BCUT2D eigenvalue weighted by Gasteiger charge is -2.24. The number of ketones is 1. The van der Waals surface area contributed by atoms with E-state index in [9.17, 15) is 9.59 Å². The van der Waals surface area contributed by atoms with Gasteiger partial charge in [0.05, 0.1) is 12.1 Å². The maximum absolute atomic E-state index is 12.1. The summed E-state index contributed by atoms with van der Waals surface area (Å²) in [6.07, 6.45) is 3.76. The molecule has 2 N–H and O–H groups in total. The second-order valence-corrected chi connectivity index (χ2v) is 8.34. The fourth-order valence-electron chi connectivity index (χ4n) is 4.10. The standard InChI is InChI=1S/C26H28N4O3/c1-18(19(2)31)15-29-14-6-7-21(29)16-30-17-24(26(27)32)25(28-30)20-10-12-23(13-11-20)33-22-8-4-3-5-9-22/h3-5,8-13,17,21H,1,6-7,14-16H2,2H3,(H2,27,32)/t21-/m0/s1. The van der Waals surface area contributed by atoms with Crippen molar-refractivity contribution in [3.63, 3.8) is 0 Å². The van der Waals surface area contributed by atoms with Crippen LogP contribution in [0.2, 0.25) is 0 Å². The second kappa shape index (κ2) is 9.83. The van der Waals surface area contributed by atoms with Gasteiger partial charge in [-0.2, -0.15) is 5.10 Å². The number of primary amides is 1. The number of carbonyl (C=O) groups is 2. The lowest BCUT2D eigenvalue weighted by Crippen LogP contribution is -2.35. The van der Waals surface area contributed by atoms with Crippen molar-refractivity contribution < 1.29 is 14.3 Å². The van der Waals surface area contributed by atoms with E-state index < -0.39 is 5.91 Å². The van der Waals surface area contributed by atoms with E-state index in [0.717, 1.165) is 30.7 Å². The van der Waals surface area contributed by atoms with Crippen LogP contribution in [0.5, 0.6) is 11.5 Å². The Morgan fingerprint density at radius 2 is 1.82 bits per heavy atom. The number of aromatic nitrogens is 2. The molecule has 1 aromatic heterocycles. The molecule has 1 amide bonds. The SMILES string of the molecule is C=C(CN1CCC[C@H]1Cn1cc(C(N)=O)c(-c2ccc(Oc3ccccc3)cc2)n1)C(C)=O. The highest BCUT2D eigenvalue weighted by molar-refractivity contribution is 5.98. The first-order valence-electron chi connectivity index (χ1n) is 11.0. The van der Waals surface area contributed by atoms with Crippen molar-refractivity contribution in [1.82, 2.24) is 14.7 Å². The monoisotopic (exact) mass is 444 g/mol. The third kappa shape index (κ3) is 5.38. The first-order chi connectivity index (χ1) is 15.9. The minimum atomic E-state index is -0.519. The van der Waals surface area contributed by atoms with E-state index in [1.165, 1.54) is 0 Å². The smallest absolute Gasteiger partial charge is 0.252 e. The van der Waals surface area contributed by atoms with Gasteiger partial charge in [0.15, 0.2) is 5.78 Å². The lowest BCUT2D eigenvalue weighted by molar-refractivity contribution is -0.113. The molecule has 0 radical (unpaired) electrons. The number of ether oxygens (including phenoxy) is 1. The maximum Gasteiger partial charge on any atom is 0.252 e. The number of para-hydroxylation sites is 1. The number of Topliss-reactive ketones (excluding diaryl/α,β-unsaturated/α-hetero) is 1. The molecular formula is C26H28N4O3. The molecule has 4 rings (SSSR count). The summed E-state index contributed by atoms with van der Waals surface area (Å²) in [7, 11) is 0. The van der Waals surface area contributed by atoms with Crippen molar-refractivity contribution in [2.75, 3.05) is 13.1 Å². The van der Waals surface area contributed by atoms with Crippen molar-refractivity contribution in [1.29, 1.82) is 0 Å². The number of hydrogen-bond donors (Lipinski definition) is 1. The molecule has 2 heterocycles. The molecule has 0 unspecified atom stereocenters. The number of nitrogens with zero attached hydrogens (tertiary/aromatic N) is 3. The average molecular weight is 445 g/mol. The summed E-state index contributed by atoms with van der Waals surface area (Å²) in [5.41, 5.74) is 7.98. The number of rotatable bonds is 9. The van der Waals surface area contributed by atoms with Gasteiger partial charge >= 0.3 is 0 Å². The van der Waals surface area contributed by atoms with E-state index in [2.05, 4.69) is 16.6 Å². The zero-order valence-electron chi connectivity index (χ0n) is 18.7. The van der Waals surface area contributed by atoms with E-state index in [0.29, 0.717) is 35.7 Å². The van der Waals surface area contributed by atoms with Crippen LogP contribution in [0.3, 0.4) is 0 Å². The number of likely N-dealkylation sites (tertiary alicyclic amines) is 1. The Hall–Kier alpha value is -3.71. The van der Waals surface area contributed by atoms with Crippen LogP contribution in [0.25, 0.3) is 11.3 Å². The van der Waals surface area contributed by atoms with Crippen LogP contribution < -0.4 is 10.5 Å². The van der Waals surface area contributed by atoms with Crippen molar-refractivity contribution in [2.45, 2.75) is 32.4 Å². The molecule has 1 fully saturated rings. The van der Waals surface area contributed by atoms with Gasteiger partial charge in [-0.05, 0) is 62.7 Å². The van der Waals surface area contributed by atoms with Gasteiger partial charge < -0.3 is 10.5 Å². The van der Waals surface area contributed by atoms with Crippen molar-refractivity contribution in [3.05, 3.63) is 78.5 Å². The van der Waals surface area contributed by atoms with Crippen molar-refractivity contribution in [3.8, 4) is 22.8 Å². The minimum Gasteiger partial charge on any atom is -0.457 e. The maximum atomic E-state index is 12.1. The zero-order chi connectivity index (χ0) is 23.4. The van der Waals surface area contributed by atoms with Gasteiger partial charge in [-0.15, -0.1) is 0 Å². The predicted octanol–water partition coefficient (Wildman–Crippen LogP) is 4.05. The number of nitrogens with two attached hydrogens (primary N) is 1.